The molecule has 2 aromatic rings. The number of rotatable bonds is 8. The molecule has 2 aromatic carbocycles. The number of carbonyl (C=O) groups excluding carboxylic acids is 1. The number of ether oxygens (including phenoxy) is 2. The van der Waals surface area contributed by atoms with Crippen molar-refractivity contribution >= 4 is 5.97 Å². The Bertz CT molecular complexity index is 724. The second-order valence-electron chi connectivity index (χ2n) is 7.34. The summed E-state index contributed by atoms with van der Waals surface area (Å²) in [5.41, 5.74) is 2.31. The van der Waals surface area contributed by atoms with Crippen molar-refractivity contribution in [1.82, 2.24) is 0 Å². The molecule has 1 aliphatic rings. The monoisotopic (exact) mass is 384 g/mol. The molecule has 0 aromatic heterocycles. The summed E-state index contributed by atoms with van der Waals surface area (Å²) in [6.07, 6.45) is 1.12. The lowest BCUT2D eigenvalue weighted by Crippen LogP contribution is -3.14. The number of piperidine rings is 1. The third-order valence-electron chi connectivity index (χ3n) is 5.24. The van der Waals surface area contributed by atoms with E-state index in [1.165, 1.54) is 10.5 Å². The SMILES string of the molecule is CCOC(=O)C1CC[NH+](C[C@H](O)COc2ccc(-c3ccccc3)cc2)CC1. The van der Waals surface area contributed by atoms with Crippen LogP contribution in [0.5, 0.6) is 5.75 Å². The van der Waals surface area contributed by atoms with Gasteiger partial charge >= 0.3 is 5.97 Å². The Hall–Kier alpha value is -2.37. The number of hydrogen-bond donors (Lipinski definition) is 2. The Morgan fingerprint density at radius 2 is 1.71 bits per heavy atom. The summed E-state index contributed by atoms with van der Waals surface area (Å²) in [6.45, 7) is 4.95. The molecule has 0 bridgehead atoms. The number of aliphatic hydroxyl groups is 1. The molecule has 0 unspecified atom stereocenters. The summed E-state index contributed by atoms with van der Waals surface area (Å²) in [4.78, 5) is 13.1. The van der Waals surface area contributed by atoms with Gasteiger partial charge in [0.15, 0.2) is 0 Å². The minimum Gasteiger partial charge on any atom is -0.491 e. The molecule has 0 aliphatic carbocycles. The number of aliphatic hydroxyl groups excluding tert-OH is 1. The number of likely N-dealkylation sites (tertiary alicyclic amines) is 1. The van der Waals surface area contributed by atoms with Crippen molar-refractivity contribution in [3.8, 4) is 16.9 Å². The molecule has 28 heavy (non-hydrogen) atoms. The minimum absolute atomic E-state index is 0.0141. The fourth-order valence-corrected chi connectivity index (χ4v) is 3.68. The first-order valence-electron chi connectivity index (χ1n) is 10.1. The van der Waals surface area contributed by atoms with E-state index in [0.717, 1.165) is 37.2 Å². The predicted octanol–water partition coefficient (Wildman–Crippen LogP) is 1.95. The molecule has 1 fully saturated rings. The third kappa shape index (κ3) is 5.81. The summed E-state index contributed by atoms with van der Waals surface area (Å²) < 4.78 is 10.9. The quantitative estimate of drug-likeness (QED) is 0.683. The molecule has 1 saturated heterocycles. The van der Waals surface area contributed by atoms with E-state index >= 15 is 0 Å². The maximum Gasteiger partial charge on any atom is 0.309 e. The van der Waals surface area contributed by atoms with Gasteiger partial charge in [0.1, 0.15) is 25.0 Å². The number of benzene rings is 2. The molecule has 5 nitrogen and oxygen atoms in total. The molecule has 2 N–H and O–H groups in total. The lowest BCUT2D eigenvalue weighted by molar-refractivity contribution is -0.908. The van der Waals surface area contributed by atoms with Crippen molar-refractivity contribution < 1.29 is 24.3 Å². The van der Waals surface area contributed by atoms with Crippen LogP contribution in [0, 0.1) is 5.92 Å². The largest absolute Gasteiger partial charge is 0.491 e. The Morgan fingerprint density at radius 1 is 1.07 bits per heavy atom. The van der Waals surface area contributed by atoms with E-state index in [2.05, 4.69) is 12.1 Å². The number of carbonyl (C=O) groups is 1. The van der Waals surface area contributed by atoms with E-state index in [-0.39, 0.29) is 18.5 Å². The number of esters is 1. The first kappa shape index (κ1) is 20.4. The maximum absolute atomic E-state index is 11.8. The second kappa shape index (κ2) is 10.2. The van der Waals surface area contributed by atoms with Crippen LogP contribution in [0.15, 0.2) is 54.6 Å². The zero-order chi connectivity index (χ0) is 19.8. The third-order valence-corrected chi connectivity index (χ3v) is 5.24. The van der Waals surface area contributed by atoms with Crippen LogP contribution in [0.1, 0.15) is 19.8 Å². The smallest absolute Gasteiger partial charge is 0.309 e. The Kier molecular flexibility index (Phi) is 7.46. The van der Waals surface area contributed by atoms with Gasteiger partial charge in [0, 0.05) is 12.8 Å². The molecule has 0 saturated carbocycles. The van der Waals surface area contributed by atoms with Crippen molar-refractivity contribution in [3.63, 3.8) is 0 Å². The van der Waals surface area contributed by atoms with Gasteiger partial charge in [-0.1, -0.05) is 42.5 Å². The molecule has 1 heterocycles. The second-order valence-corrected chi connectivity index (χ2v) is 7.34. The van der Waals surface area contributed by atoms with E-state index in [4.69, 9.17) is 9.47 Å². The number of hydrogen-bond acceptors (Lipinski definition) is 4. The van der Waals surface area contributed by atoms with Crippen molar-refractivity contribution in [3.05, 3.63) is 54.6 Å². The fraction of sp³-hybridized carbons (Fsp3) is 0.435. The van der Waals surface area contributed by atoms with E-state index in [0.29, 0.717) is 13.2 Å². The predicted molar refractivity (Wildman–Crippen MR) is 108 cm³/mol. The summed E-state index contributed by atoms with van der Waals surface area (Å²) in [6, 6.07) is 18.1. The van der Waals surface area contributed by atoms with E-state index in [9.17, 15) is 9.90 Å². The van der Waals surface area contributed by atoms with Gasteiger partial charge in [0.05, 0.1) is 25.6 Å². The first-order valence-corrected chi connectivity index (χ1v) is 10.1. The normalized spacial score (nSPS) is 20.4. The molecule has 0 spiro atoms. The van der Waals surface area contributed by atoms with Gasteiger partial charge in [-0.2, -0.15) is 0 Å². The van der Waals surface area contributed by atoms with Gasteiger partial charge in [-0.25, -0.2) is 0 Å². The molecule has 5 heteroatoms. The lowest BCUT2D eigenvalue weighted by Gasteiger charge is -2.29. The highest BCUT2D eigenvalue weighted by Gasteiger charge is 2.29. The van der Waals surface area contributed by atoms with Crippen LogP contribution in [0.25, 0.3) is 11.1 Å². The van der Waals surface area contributed by atoms with Crippen LogP contribution in [0.2, 0.25) is 0 Å². The van der Waals surface area contributed by atoms with Crippen LogP contribution in [-0.4, -0.2) is 50.0 Å². The van der Waals surface area contributed by atoms with Crippen LogP contribution < -0.4 is 9.64 Å². The van der Waals surface area contributed by atoms with Gasteiger partial charge in [-0.05, 0) is 30.2 Å². The topological polar surface area (TPSA) is 60.2 Å². The zero-order valence-corrected chi connectivity index (χ0v) is 16.5. The van der Waals surface area contributed by atoms with E-state index in [1.54, 1.807) is 0 Å². The van der Waals surface area contributed by atoms with E-state index < -0.39 is 6.10 Å². The lowest BCUT2D eigenvalue weighted by atomic mass is 9.97. The summed E-state index contributed by atoms with van der Waals surface area (Å²) in [7, 11) is 0. The fourth-order valence-electron chi connectivity index (χ4n) is 3.68. The molecule has 1 atom stereocenters. The van der Waals surface area contributed by atoms with Gasteiger partial charge < -0.3 is 19.5 Å². The van der Waals surface area contributed by atoms with Crippen LogP contribution in [0.3, 0.4) is 0 Å². The zero-order valence-electron chi connectivity index (χ0n) is 16.5. The maximum atomic E-state index is 11.8. The van der Waals surface area contributed by atoms with Crippen molar-refractivity contribution in [2.75, 3.05) is 32.8 Å². The van der Waals surface area contributed by atoms with Crippen molar-refractivity contribution in [1.29, 1.82) is 0 Å². The summed E-state index contributed by atoms with van der Waals surface area (Å²) in [5.74, 6) is 0.694. The summed E-state index contributed by atoms with van der Waals surface area (Å²) >= 11 is 0. The van der Waals surface area contributed by atoms with Gasteiger partial charge in [0.2, 0.25) is 0 Å². The van der Waals surface area contributed by atoms with Crippen molar-refractivity contribution in [2.45, 2.75) is 25.9 Å². The van der Waals surface area contributed by atoms with Crippen molar-refractivity contribution in [2.24, 2.45) is 5.92 Å². The van der Waals surface area contributed by atoms with Gasteiger partial charge in [0.25, 0.3) is 0 Å². The number of nitrogens with one attached hydrogen (secondary N) is 1. The Labute approximate surface area is 166 Å². The molecule has 0 radical (unpaired) electrons. The van der Waals surface area contributed by atoms with Crippen LogP contribution in [-0.2, 0) is 9.53 Å². The minimum atomic E-state index is -0.525. The first-order chi connectivity index (χ1) is 13.7. The standard InChI is InChI=1S/C23H29NO4/c1-2-27-23(26)20-12-14-24(15-13-20)16-21(25)17-28-22-10-8-19(9-11-22)18-6-4-3-5-7-18/h3-11,20-21,25H,2,12-17H2,1H3/p+1/t21-/m0/s1. The van der Waals surface area contributed by atoms with Crippen LogP contribution >= 0.6 is 0 Å². The van der Waals surface area contributed by atoms with Gasteiger partial charge in [-0.3, -0.25) is 4.79 Å². The van der Waals surface area contributed by atoms with Crippen LogP contribution in [0.4, 0.5) is 0 Å². The average Bonchev–Trinajstić information content (AvgIpc) is 2.74. The molecule has 3 rings (SSSR count). The highest BCUT2D eigenvalue weighted by molar-refractivity contribution is 5.72. The Balaban J connectivity index is 1.40. The molecule has 1 aliphatic heterocycles. The highest BCUT2D eigenvalue weighted by atomic mass is 16.5. The molecule has 0 amide bonds. The highest BCUT2D eigenvalue weighted by Crippen LogP contribution is 2.22. The van der Waals surface area contributed by atoms with Gasteiger partial charge in [-0.15, -0.1) is 0 Å². The molecular formula is C23H30NO4+. The molecular weight excluding hydrogens is 354 g/mol. The Morgan fingerprint density at radius 3 is 2.36 bits per heavy atom. The number of quaternary nitrogens is 1. The average molecular weight is 384 g/mol. The van der Waals surface area contributed by atoms with E-state index in [1.807, 2.05) is 49.4 Å². The summed E-state index contributed by atoms with van der Waals surface area (Å²) in [5, 5.41) is 10.3. The molecule has 150 valence electrons.